The molecule has 0 saturated carbocycles. The molecule has 0 spiro atoms. The van der Waals surface area contributed by atoms with Crippen LogP contribution >= 0.6 is 0 Å². The van der Waals surface area contributed by atoms with Gasteiger partial charge in [0.2, 0.25) is 0 Å². The number of hydrogen-bond acceptors (Lipinski definition) is 6. The van der Waals surface area contributed by atoms with Gasteiger partial charge in [-0.1, -0.05) is 41.6 Å². The van der Waals surface area contributed by atoms with Gasteiger partial charge in [0.25, 0.3) is 5.89 Å². The lowest BCUT2D eigenvalue weighted by atomic mass is 9.80. The summed E-state index contributed by atoms with van der Waals surface area (Å²) < 4.78 is 28.8. The SMILES string of the molecule is CS(=O)(=O)c1cccc(Cc2noc(C3(O)CCc4ccccc4C3)n2)c1. The molecule has 3 aromatic rings. The number of rotatable bonds is 4. The minimum absolute atomic E-state index is 0.214. The zero-order valence-corrected chi connectivity index (χ0v) is 15.7. The molecule has 1 heterocycles. The second-order valence-electron chi connectivity index (χ2n) is 7.09. The van der Waals surface area contributed by atoms with E-state index in [2.05, 4.69) is 16.2 Å². The summed E-state index contributed by atoms with van der Waals surface area (Å²) >= 11 is 0. The highest BCUT2D eigenvalue weighted by atomic mass is 32.2. The standard InChI is InChI=1S/C20H20N2O4S/c1-27(24,25)17-8-4-5-14(11-17)12-18-21-19(26-22-18)20(23)10-9-15-6-2-3-7-16(15)13-20/h2-8,11,23H,9-10,12-13H2,1H3. The van der Waals surface area contributed by atoms with Gasteiger partial charge in [-0.3, -0.25) is 0 Å². The van der Waals surface area contributed by atoms with Gasteiger partial charge in [0, 0.05) is 19.1 Å². The summed E-state index contributed by atoms with van der Waals surface area (Å²) in [6.07, 6.45) is 3.22. The number of aliphatic hydroxyl groups is 1. The number of fused-ring (bicyclic) bond motifs is 1. The van der Waals surface area contributed by atoms with Crippen LogP contribution in [0.2, 0.25) is 0 Å². The second kappa shape index (κ2) is 6.58. The van der Waals surface area contributed by atoms with Crippen molar-refractivity contribution in [2.75, 3.05) is 6.26 Å². The molecule has 27 heavy (non-hydrogen) atoms. The average molecular weight is 384 g/mol. The average Bonchev–Trinajstić information content (AvgIpc) is 3.10. The fourth-order valence-electron chi connectivity index (χ4n) is 3.48. The molecule has 0 aliphatic heterocycles. The second-order valence-corrected chi connectivity index (χ2v) is 9.10. The number of hydrogen-bond donors (Lipinski definition) is 1. The van der Waals surface area contributed by atoms with Crippen molar-refractivity contribution in [3.05, 3.63) is 76.9 Å². The van der Waals surface area contributed by atoms with Crippen molar-refractivity contribution in [1.82, 2.24) is 10.1 Å². The molecule has 0 radical (unpaired) electrons. The van der Waals surface area contributed by atoms with E-state index in [0.717, 1.165) is 17.5 Å². The third-order valence-electron chi connectivity index (χ3n) is 4.96. The molecule has 4 rings (SSSR count). The predicted molar refractivity (Wildman–Crippen MR) is 99.0 cm³/mol. The maximum Gasteiger partial charge on any atom is 0.258 e. The van der Waals surface area contributed by atoms with Gasteiger partial charge in [0.05, 0.1) is 4.90 Å². The van der Waals surface area contributed by atoms with Gasteiger partial charge in [-0.05, 0) is 41.7 Å². The van der Waals surface area contributed by atoms with Crippen LogP contribution in [0.15, 0.2) is 57.9 Å². The van der Waals surface area contributed by atoms with E-state index in [1.54, 1.807) is 18.2 Å². The zero-order chi connectivity index (χ0) is 19.1. The van der Waals surface area contributed by atoms with Gasteiger partial charge >= 0.3 is 0 Å². The molecule has 7 heteroatoms. The van der Waals surface area contributed by atoms with Gasteiger partial charge < -0.3 is 9.63 Å². The Hall–Kier alpha value is -2.51. The van der Waals surface area contributed by atoms with Crippen LogP contribution in [-0.2, 0) is 34.7 Å². The molecule has 0 fully saturated rings. The first kappa shape index (κ1) is 17.9. The molecule has 1 aromatic heterocycles. The Labute approximate surface area is 157 Å². The molecule has 1 unspecified atom stereocenters. The summed E-state index contributed by atoms with van der Waals surface area (Å²) in [5.41, 5.74) is 1.92. The Morgan fingerprint density at radius 3 is 2.70 bits per heavy atom. The summed E-state index contributed by atoms with van der Waals surface area (Å²) in [7, 11) is -3.27. The van der Waals surface area contributed by atoms with E-state index in [4.69, 9.17) is 4.52 Å². The monoisotopic (exact) mass is 384 g/mol. The minimum atomic E-state index is -3.27. The Balaban J connectivity index is 1.56. The molecule has 6 nitrogen and oxygen atoms in total. The summed E-state index contributed by atoms with van der Waals surface area (Å²) in [6.45, 7) is 0. The van der Waals surface area contributed by atoms with E-state index in [-0.39, 0.29) is 10.8 Å². The van der Waals surface area contributed by atoms with E-state index < -0.39 is 15.4 Å². The predicted octanol–water partition coefficient (Wildman–Crippen LogP) is 2.44. The molecule has 140 valence electrons. The van der Waals surface area contributed by atoms with Crippen LogP contribution in [0.3, 0.4) is 0 Å². The molecular weight excluding hydrogens is 364 g/mol. The van der Waals surface area contributed by atoms with Crippen molar-refractivity contribution in [2.24, 2.45) is 0 Å². The van der Waals surface area contributed by atoms with Crippen molar-refractivity contribution in [3.8, 4) is 0 Å². The van der Waals surface area contributed by atoms with Crippen molar-refractivity contribution in [3.63, 3.8) is 0 Å². The summed E-state index contributed by atoms with van der Waals surface area (Å²) in [5.74, 6) is 0.634. The van der Waals surface area contributed by atoms with E-state index in [1.807, 2.05) is 24.3 Å². The van der Waals surface area contributed by atoms with Crippen LogP contribution < -0.4 is 0 Å². The highest BCUT2D eigenvalue weighted by Crippen LogP contribution is 2.35. The maximum absolute atomic E-state index is 11.7. The highest BCUT2D eigenvalue weighted by Gasteiger charge is 2.39. The molecule has 0 amide bonds. The van der Waals surface area contributed by atoms with Crippen LogP contribution in [0.5, 0.6) is 0 Å². The fraction of sp³-hybridized carbons (Fsp3) is 0.300. The van der Waals surface area contributed by atoms with E-state index in [1.165, 1.54) is 11.8 Å². The normalized spacial score (nSPS) is 19.6. The van der Waals surface area contributed by atoms with Crippen LogP contribution in [0.25, 0.3) is 0 Å². The molecule has 1 aliphatic rings. The van der Waals surface area contributed by atoms with Crippen LogP contribution in [-0.4, -0.2) is 29.9 Å². The van der Waals surface area contributed by atoms with Crippen LogP contribution in [0.4, 0.5) is 0 Å². The molecule has 1 N–H and O–H groups in total. The molecule has 1 atom stereocenters. The van der Waals surface area contributed by atoms with Crippen molar-refractivity contribution < 1.29 is 18.0 Å². The lowest BCUT2D eigenvalue weighted by Crippen LogP contribution is -2.33. The Morgan fingerprint density at radius 1 is 1.15 bits per heavy atom. The van der Waals surface area contributed by atoms with Crippen molar-refractivity contribution in [2.45, 2.75) is 36.2 Å². The van der Waals surface area contributed by atoms with E-state index >= 15 is 0 Å². The molecule has 2 aromatic carbocycles. The summed E-state index contributed by atoms with van der Waals surface area (Å²) in [4.78, 5) is 4.64. The lowest BCUT2D eigenvalue weighted by Gasteiger charge is -2.30. The van der Waals surface area contributed by atoms with Crippen LogP contribution in [0.1, 0.15) is 34.8 Å². The Morgan fingerprint density at radius 2 is 1.93 bits per heavy atom. The Kier molecular flexibility index (Phi) is 4.36. The molecular formula is C20H20N2O4S. The third kappa shape index (κ3) is 3.65. The van der Waals surface area contributed by atoms with E-state index in [0.29, 0.717) is 25.1 Å². The molecule has 0 bridgehead atoms. The number of nitrogens with zero attached hydrogens (tertiary/aromatic N) is 2. The zero-order valence-electron chi connectivity index (χ0n) is 14.9. The maximum atomic E-state index is 11.7. The largest absolute Gasteiger partial charge is 0.380 e. The lowest BCUT2D eigenvalue weighted by molar-refractivity contribution is -0.00860. The number of aromatic nitrogens is 2. The van der Waals surface area contributed by atoms with Gasteiger partial charge in [-0.25, -0.2) is 8.42 Å². The number of aryl methyl sites for hydroxylation is 1. The van der Waals surface area contributed by atoms with Crippen molar-refractivity contribution in [1.29, 1.82) is 0 Å². The van der Waals surface area contributed by atoms with Crippen molar-refractivity contribution >= 4 is 9.84 Å². The topological polar surface area (TPSA) is 93.3 Å². The van der Waals surface area contributed by atoms with Gasteiger partial charge in [-0.2, -0.15) is 4.98 Å². The molecule has 0 saturated heterocycles. The summed E-state index contributed by atoms with van der Waals surface area (Å²) in [6, 6.07) is 14.7. The Bertz CT molecular complexity index is 1090. The first-order valence-electron chi connectivity index (χ1n) is 8.75. The number of benzene rings is 2. The highest BCUT2D eigenvalue weighted by molar-refractivity contribution is 7.90. The number of sulfone groups is 1. The van der Waals surface area contributed by atoms with Gasteiger partial charge in [0.1, 0.15) is 5.60 Å². The first-order valence-corrected chi connectivity index (χ1v) is 10.6. The van der Waals surface area contributed by atoms with Gasteiger partial charge in [-0.15, -0.1) is 0 Å². The smallest absolute Gasteiger partial charge is 0.258 e. The quantitative estimate of drug-likeness (QED) is 0.743. The third-order valence-corrected chi connectivity index (χ3v) is 6.07. The van der Waals surface area contributed by atoms with Gasteiger partial charge in [0.15, 0.2) is 15.7 Å². The molecule has 1 aliphatic carbocycles. The van der Waals surface area contributed by atoms with E-state index in [9.17, 15) is 13.5 Å². The fourth-order valence-corrected chi connectivity index (χ4v) is 4.18. The minimum Gasteiger partial charge on any atom is -0.380 e. The van der Waals surface area contributed by atoms with Crippen LogP contribution in [0, 0.1) is 0 Å². The summed E-state index contributed by atoms with van der Waals surface area (Å²) in [5, 5.41) is 15.0. The first-order chi connectivity index (χ1) is 12.8.